The van der Waals surface area contributed by atoms with Crippen LogP contribution >= 0.6 is 11.8 Å². The number of nitrogens with one attached hydrogen (secondary N) is 2. The Kier molecular flexibility index (Phi) is 9.77. The second-order valence-corrected chi connectivity index (χ2v) is 12.5. The molecule has 0 aliphatic rings. The SMILES string of the molecule is CNC(=O)[C@@H](NC(=O)[C@H](CC(C)C)[C@H](Sc1ccc(S(C)(=O)=O)cc1)C(=O)O)C(C)(C)C. The van der Waals surface area contributed by atoms with Gasteiger partial charge in [0.2, 0.25) is 11.8 Å². The van der Waals surface area contributed by atoms with E-state index in [0.29, 0.717) is 11.3 Å². The van der Waals surface area contributed by atoms with Crippen molar-refractivity contribution in [1.82, 2.24) is 10.6 Å². The number of carboxylic acid groups (broad SMARTS) is 1. The summed E-state index contributed by atoms with van der Waals surface area (Å²) in [5.41, 5.74) is -0.578. The van der Waals surface area contributed by atoms with Crippen molar-refractivity contribution in [2.24, 2.45) is 17.3 Å². The molecule has 0 fully saturated rings. The molecule has 3 N–H and O–H groups in total. The van der Waals surface area contributed by atoms with Crippen LogP contribution in [-0.2, 0) is 24.2 Å². The number of carboxylic acids is 1. The molecule has 3 atom stereocenters. The van der Waals surface area contributed by atoms with Gasteiger partial charge in [-0.1, -0.05) is 34.6 Å². The lowest BCUT2D eigenvalue weighted by Crippen LogP contribution is -2.55. The highest BCUT2D eigenvalue weighted by molar-refractivity contribution is 8.00. The molecule has 8 nitrogen and oxygen atoms in total. The second-order valence-electron chi connectivity index (χ2n) is 9.28. The van der Waals surface area contributed by atoms with Crippen LogP contribution in [0.1, 0.15) is 41.0 Å². The maximum absolute atomic E-state index is 13.2. The van der Waals surface area contributed by atoms with E-state index < -0.39 is 44.3 Å². The maximum Gasteiger partial charge on any atom is 0.317 e. The monoisotopic (exact) mass is 486 g/mol. The quantitative estimate of drug-likeness (QED) is 0.433. The average molecular weight is 487 g/mol. The third kappa shape index (κ3) is 8.12. The van der Waals surface area contributed by atoms with E-state index in [4.69, 9.17) is 0 Å². The topological polar surface area (TPSA) is 130 Å². The smallest absolute Gasteiger partial charge is 0.317 e. The van der Waals surface area contributed by atoms with Crippen LogP contribution in [0.2, 0.25) is 0 Å². The van der Waals surface area contributed by atoms with Gasteiger partial charge >= 0.3 is 5.97 Å². The molecule has 180 valence electrons. The molecule has 2 amide bonds. The van der Waals surface area contributed by atoms with Crippen molar-refractivity contribution in [2.75, 3.05) is 13.3 Å². The number of rotatable bonds is 10. The largest absolute Gasteiger partial charge is 0.480 e. The molecule has 1 aromatic carbocycles. The highest BCUT2D eigenvalue weighted by Crippen LogP contribution is 2.33. The first-order valence-corrected chi connectivity index (χ1v) is 13.1. The van der Waals surface area contributed by atoms with Crippen LogP contribution < -0.4 is 10.6 Å². The summed E-state index contributed by atoms with van der Waals surface area (Å²) < 4.78 is 23.3. The van der Waals surface area contributed by atoms with Crippen molar-refractivity contribution >= 4 is 39.4 Å². The van der Waals surface area contributed by atoms with E-state index in [1.54, 1.807) is 0 Å². The molecule has 32 heavy (non-hydrogen) atoms. The Morgan fingerprint density at radius 3 is 1.97 bits per heavy atom. The summed E-state index contributed by atoms with van der Waals surface area (Å²) in [4.78, 5) is 38.4. The van der Waals surface area contributed by atoms with E-state index in [2.05, 4.69) is 10.6 Å². The standard InChI is InChI=1S/C22H34N2O6S2/c1-13(2)12-16(19(25)24-18(20(26)23-6)22(3,4)5)17(21(27)28)31-14-8-10-15(11-9-14)32(7,29)30/h8-11,13,16-18H,12H2,1-7H3,(H,23,26)(H,24,25)(H,27,28)/t16-,17+,18-/m1/s1. The van der Waals surface area contributed by atoms with Crippen LogP contribution in [0.25, 0.3) is 0 Å². The van der Waals surface area contributed by atoms with Gasteiger partial charge in [-0.2, -0.15) is 0 Å². The predicted octanol–water partition coefficient (Wildman–Crippen LogP) is 2.57. The minimum atomic E-state index is -3.38. The average Bonchev–Trinajstić information content (AvgIpc) is 2.66. The number of thioether (sulfide) groups is 1. The van der Waals surface area contributed by atoms with Gasteiger partial charge < -0.3 is 15.7 Å². The molecule has 0 spiro atoms. The number of carbonyl (C=O) groups excluding carboxylic acids is 2. The molecule has 0 heterocycles. The van der Waals surface area contributed by atoms with Gasteiger partial charge in [-0.25, -0.2) is 8.42 Å². The molecule has 0 aliphatic heterocycles. The third-order valence-corrected chi connectivity index (χ3v) is 7.30. The number of hydrogen-bond donors (Lipinski definition) is 3. The van der Waals surface area contributed by atoms with Gasteiger partial charge in [0.05, 0.1) is 10.8 Å². The zero-order valence-electron chi connectivity index (χ0n) is 19.6. The molecule has 0 aliphatic carbocycles. The fourth-order valence-corrected chi connectivity index (χ4v) is 4.88. The van der Waals surface area contributed by atoms with Gasteiger partial charge in [-0.15, -0.1) is 11.8 Å². The number of carbonyl (C=O) groups is 3. The lowest BCUT2D eigenvalue weighted by atomic mass is 9.85. The number of amides is 2. The van der Waals surface area contributed by atoms with Crippen LogP contribution in [-0.4, -0.2) is 55.9 Å². The van der Waals surface area contributed by atoms with Crippen LogP contribution in [0.15, 0.2) is 34.1 Å². The van der Waals surface area contributed by atoms with E-state index >= 15 is 0 Å². The third-order valence-electron chi connectivity index (χ3n) is 4.85. The lowest BCUT2D eigenvalue weighted by Gasteiger charge is -2.32. The van der Waals surface area contributed by atoms with Crippen molar-refractivity contribution in [3.63, 3.8) is 0 Å². The van der Waals surface area contributed by atoms with Crippen molar-refractivity contribution in [1.29, 1.82) is 0 Å². The summed E-state index contributed by atoms with van der Waals surface area (Å²) in [5, 5.41) is 14.1. The van der Waals surface area contributed by atoms with E-state index in [1.807, 2.05) is 34.6 Å². The Morgan fingerprint density at radius 1 is 1.06 bits per heavy atom. The normalized spacial score (nSPS) is 15.0. The number of likely N-dealkylation sites (N-methyl/N-ethyl adjacent to an activating group) is 1. The van der Waals surface area contributed by atoms with Crippen LogP contribution in [0.3, 0.4) is 0 Å². The zero-order chi connectivity index (χ0) is 24.9. The number of sulfone groups is 1. The molecule has 0 radical (unpaired) electrons. The highest BCUT2D eigenvalue weighted by atomic mass is 32.2. The molecule has 10 heteroatoms. The van der Waals surface area contributed by atoms with E-state index in [0.717, 1.165) is 18.0 Å². The first-order chi connectivity index (χ1) is 14.6. The molecule has 0 saturated carbocycles. The molecule has 1 rings (SSSR count). The number of hydrogen-bond acceptors (Lipinski definition) is 6. The molecule has 1 aromatic rings. The molecule has 0 bridgehead atoms. The summed E-state index contributed by atoms with van der Waals surface area (Å²) in [6, 6.07) is 5.06. The molecule has 0 aromatic heterocycles. The van der Waals surface area contributed by atoms with Gasteiger partial charge in [-0.3, -0.25) is 14.4 Å². The van der Waals surface area contributed by atoms with Crippen molar-refractivity contribution in [2.45, 2.75) is 62.1 Å². The lowest BCUT2D eigenvalue weighted by molar-refractivity contribution is -0.141. The second kappa shape index (κ2) is 11.2. The fraction of sp³-hybridized carbons (Fsp3) is 0.591. The Labute approximate surface area is 194 Å². The van der Waals surface area contributed by atoms with Crippen LogP contribution in [0.5, 0.6) is 0 Å². The van der Waals surface area contributed by atoms with Crippen molar-refractivity contribution in [3.8, 4) is 0 Å². The van der Waals surface area contributed by atoms with E-state index in [9.17, 15) is 27.9 Å². The first kappa shape index (κ1) is 28.0. The molecule has 0 unspecified atom stereocenters. The zero-order valence-corrected chi connectivity index (χ0v) is 21.3. The summed E-state index contributed by atoms with van der Waals surface area (Å²) in [6.45, 7) is 9.24. The first-order valence-electron chi connectivity index (χ1n) is 10.3. The van der Waals surface area contributed by atoms with E-state index in [-0.39, 0.29) is 16.7 Å². The predicted molar refractivity (Wildman–Crippen MR) is 125 cm³/mol. The Hall–Kier alpha value is -2.07. The van der Waals surface area contributed by atoms with Gasteiger partial charge in [0.1, 0.15) is 11.3 Å². The molecule has 0 saturated heterocycles. The van der Waals surface area contributed by atoms with Gasteiger partial charge in [0, 0.05) is 18.2 Å². The van der Waals surface area contributed by atoms with E-state index in [1.165, 1.54) is 31.3 Å². The summed E-state index contributed by atoms with van der Waals surface area (Å²) in [5.74, 6) is -2.88. The van der Waals surface area contributed by atoms with Crippen molar-refractivity contribution < 1.29 is 27.9 Å². The maximum atomic E-state index is 13.2. The molecular weight excluding hydrogens is 452 g/mol. The fourth-order valence-electron chi connectivity index (χ4n) is 3.16. The minimum Gasteiger partial charge on any atom is -0.480 e. The summed E-state index contributed by atoms with van der Waals surface area (Å²) in [6.07, 6.45) is 1.40. The van der Waals surface area contributed by atoms with Crippen LogP contribution in [0, 0.1) is 17.3 Å². The van der Waals surface area contributed by atoms with Gasteiger partial charge in [0.25, 0.3) is 0 Å². The van der Waals surface area contributed by atoms with Crippen molar-refractivity contribution in [3.05, 3.63) is 24.3 Å². The number of aliphatic carboxylic acids is 1. The summed E-state index contributed by atoms with van der Waals surface area (Å²) >= 11 is 0.988. The Morgan fingerprint density at radius 2 is 1.59 bits per heavy atom. The summed E-state index contributed by atoms with van der Waals surface area (Å²) in [7, 11) is -1.89. The van der Waals surface area contributed by atoms with Gasteiger partial charge in [0.15, 0.2) is 9.84 Å². The Bertz CT molecular complexity index is 921. The van der Waals surface area contributed by atoms with Gasteiger partial charge in [-0.05, 0) is 42.0 Å². The number of benzene rings is 1. The molecular formula is C22H34N2O6S2. The highest BCUT2D eigenvalue weighted by Gasteiger charge is 2.39. The minimum absolute atomic E-state index is 0.0360. The van der Waals surface area contributed by atoms with Crippen LogP contribution in [0.4, 0.5) is 0 Å². The Balaban J connectivity index is 3.25.